The van der Waals surface area contributed by atoms with Crippen molar-refractivity contribution in [3.05, 3.63) is 90.0 Å². The summed E-state index contributed by atoms with van der Waals surface area (Å²) in [7, 11) is -3.86. The van der Waals surface area contributed by atoms with E-state index in [9.17, 15) is 18.0 Å². The molecule has 2 amide bonds. The summed E-state index contributed by atoms with van der Waals surface area (Å²) in [5.41, 5.74) is 1.93. The van der Waals surface area contributed by atoms with Crippen molar-refractivity contribution in [3.63, 3.8) is 0 Å². The molecule has 7 nitrogen and oxygen atoms in total. The summed E-state index contributed by atoms with van der Waals surface area (Å²) in [6.45, 7) is 0.442. The minimum atomic E-state index is -3.86. The number of amides is 2. The van der Waals surface area contributed by atoms with Crippen molar-refractivity contribution in [2.75, 3.05) is 6.61 Å². The molecule has 170 valence electrons. The van der Waals surface area contributed by atoms with Gasteiger partial charge < -0.3 is 8.92 Å². The summed E-state index contributed by atoms with van der Waals surface area (Å²) in [6, 6.07) is 22.3. The molecule has 0 aromatic heterocycles. The van der Waals surface area contributed by atoms with E-state index in [-0.39, 0.29) is 27.0 Å². The molecule has 0 saturated carbocycles. The van der Waals surface area contributed by atoms with Crippen LogP contribution < -0.4 is 14.2 Å². The lowest BCUT2D eigenvalue weighted by Crippen LogP contribution is -2.25. The Morgan fingerprint density at radius 2 is 1.45 bits per heavy atom. The normalized spacial score (nSPS) is 15.8. The van der Waals surface area contributed by atoms with Crippen LogP contribution in [0.2, 0.25) is 0 Å². The van der Waals surface area contributed by atoms with E-state index < -0.39 is 10.1 Å². The molecule has 33 heavy (non-hydrogen) atoms. The number of carbonyl (C=O) groups excluding carboxylic acids is 2. The van der Waals surface area contributed by atoms with Crippen LogP contribution in [0.25, 0.3) is 0 Å². The molecule has 9 heteroatoms. The molecular formula is C24H21NO6S2. The van der Waals surface area contributed by atoms with Crippen molar-refractivity contribution in [2.45, 2.75) is 23.0 Å². The van der Waals surface area contributed by atoms with Gasteiger partial charge in [-0.3, -0.25) is 14.9 Å². The fourth-order valence-electron chi connectivity index (χ4n) is 3.22. The Kier molecular flexibility index (Phi) is 7.00. The van der Waals surface area contributed by atoms with Gasteiger partial charge in [-0.05, 0) is 53.9 Å². The molecule has 4 rings (SSSR count). The molecule has 3 aromatic carbocycles. The molecule has 1 atom stereocenters. The largest absolute Gasteiger partial charge is 0.493 e. The maximum absolute atomic E-state index is 12.3. The molecule has 1 heterocycles. The van der Waals surface area contributed by atoms with Gasteiger partial charge in [-0.15, -0.1) is 0 Å². The zero-order chi connectivity index (χ0) is 23.3. The maximum Gasteiger partial charge on any atom is 0.339 e. The van der Waals surface area contributed by atoms with Crippen LogP contribution in [0.15, 0.2) is 83.8 Å². The molecular weight excluding hydrogens is 462 g/mol. The van der Waals surface area contributed by atoms with Gasteiger partial charge in [0.25, 0.3) is 5.24 Å². The molecule has 0 bridgehead atoms. The highest BCUT2D eigenvalue weighted by Crippen LogP contribution is 2.24. The molecule has 1 N–H and O–H groups in total. The first kappa shape index (κ1) is 22.9. The van der Waals surface area contributed by atoms with Crippen LogP contribution in [-0.4, -0.2) is 31.4 Å². The number of benzene rings is 3. The quantitative estimate of drug-likeness (QED) is 0.460. The third kappa shape index (κ3) is 6.15. The standard InChI is InChI=1S/C24H21NO6S2/c26-23-22(32-24(27)25-23)16-18-8-10-19(11-9-18)30-15-14-17-6-12-20(13-7-17)31-33(28,29)21-4-2-1-3-5-21/h1-13,22H,14-16H2,(H,25,26,27). The fourth-order valence-corrected chi connectivity index (χ4v) is 5.03. The lowest BCUT2D eigenvalue weighted by Gasteiger charge is -2.10. The zero-order valence-corrected chi connectivity index (χ0v) is 19.1. The van der Waals surface area contributed by atoms with Crippen LogP contribution in [0.3, 0.4) is 0 Å². The predicted octanol–water partition coefficient (Wildman–Crippen LogP) is 3.97. The highest BCUT2D eigenvalue weighted by molar-refractivity contribution is 8.15. The third-order valence-corrected chi connectivity index (χ3v) is 7.17. The Morgan fingerprint density at radius 3 is 2.09 bits per heavy atom. The van der Waals surface area contributed by atoms with E-state index in [0.717, 1.165) is 22.9 Å². The minimum Gasteiger partial charge on any atom is -0.493 e. The first-order valence-electron chi connectivity index (χ1n) is 10.2. The Balaban J connectivity index is 1.25. The average Bonchev–Trinajstić information content (AvgIpc) is 3.13. The lowest BCUT2D eigenvalue weighted by molar-refractivity contribution is -0.118. The van der Waals surface area contributed by atoms with Crippen LogP contribution in [0.4, 0.5) is 4.79 Å². The topological polar surface area (TPSA) is 98.8 Å². The number of hydrogen-bond acceptors (Lipinski definition) is 7. The monoisotopic (exact) mass is 483 g/mol. The van der Waals surface area contributed by atoms with Gasteiger partial charge in [0.1, 0.15) is 16.4 Å². The molecule has 0 radical (unpaired) electrons. The average molecular weight is 484 g/mol. The number of carbonyl (C=O) groups is 2. The first-order chi connectivity index (χ1) is 15.9. The van der Waals surface area contributed by atoms with Gasteiger partial charge in [-0.1, -0.05) is 54.2 Å². The van der Waals surface area contributed by atoms with E-state index in [1.165, 1.54) is 12.1 Å². The smallest absolute Gasteiger partial charge is 0.339 e. The van der Waals surface area contributed by atoms with Crippen LogP contribution in [-0.2, 0) is 27.8 Å². The van der Waals surface area contributed by atoms with E-state index in [4.69, 9.17) is 8.92 Å². The van der Waals surface area contributed by atoms with Gasteiger partial charge >= 0.3 is 10.1 Å². The molecule has 0 aliphatic carbocycles. The SMILES string of the molecule is O=C1NC(=O)C(Cc2ccc(OCCc3ccc(OS(=O)(=O)c4ccccc4)cc3)cc2)S1. The third-order valence-electron chi connectivity index (χ3n) is 4.93. The number of imide groups is 1. The molecule has 1 fully saturated rings. The van der Waals surface area contributed by atoms with Crippen molar-refractivity contribution in [2.24, 2.45) is 0 Å². The molecule has 1 unspecified atom stereocenters. The van der Waals surface area contributed by atoms with Crippen LogP contribution in [0.5, 0.6) is 11.5 Å². The zero-order valence-electron chi connectivity index (χ0n) is 17.5. The number of ether oxygens (including phenoxy) is 1. The van der Waals surface area contributed by atoms with Gasteiger partial charge in [-0.25, -0.2) is 0 Å². The highest BCUT2D eigenvalue weighted by Gasteiger charge is 2.31. The Bertz CT molecular complexity index is 1230. The van der Waals surface area contributed by atoms with E-state index in [1.807, 2.05) is 24.3 Å². The molecule has 1 aliphatic rings. The van der Waals surface area contributed by atoms with Crippen molar-refractivity contribution >= 4 is 33.0 Å². The van der Waals surface area contributed by atoms with Crippen LogP contribution in [0.1, 0.15) is 11.1 Å². The number of rotatable bonds is 9. The van der Waals surface area contributed by atoms with Crippen LogP contribution in [0, 0.1) is 0 Å². The van der Waals surface area contributed by atoms with E-state index in [0.29, 0.717) is 25.2 Å². The van der Waals surface area contributed by atoms with E-state index in [2.05, 4.69) is 5.32 Å². The van der Waals surface area contributed by atoms with Gasteiger partial charge in [0.2, 0.25) is 5.91 Å². The van der Waals surface area contributed by atoms with Crippen molar-refractivity contribution in [1.82, 2.24) is 5.32 Å². The fraction of sp³-hybridized carbons (Fsp3) is 0.167. The lowest BCUT2D eigenvalue weighted by atomic mass is 10.1. The minimum absolute atomic E-state index is 0.104. The van der Waals surface area contributed by atoms with Gasteiger partial charge in [0.15, 0.2) is 0 Å². The second-order valence-electron chi connectivity index (χ2n) is 7.32. The molecule has 1 aliphatic heterocycles. The molecule has 3 aromatic rings. The molecule has 1 saturated heterocycles. The van der Waals surface area contributed by atoms with Gasteiger partial charge in [0.05, 0.1) is 11.9 Å². The second-order valence-corrected chi connectivity index (χ2v) is 10.0. The highest BCUT2D eigenvalue weighted by atomic mass is 32.2. The van der Waals surface area contributed by atoms with Crippen LogP contribution >= 0.6 is 11.8 Å². The predicted molar refractivity (Wildman–Crippen MR) is 125 cm³/mol. The number of thioether (sulfide) groups is 1. The van der Waals surface area contributed by atoms with E-state index in [1.54, 1.807) is 42.5 Å². The Hall–Kier alpha value is -3.30. The second kappa shape index (κ2) is 10.1. The summed E-state index contributed by atoms with van der Waals surface area (Å²) in [5, 5.41) is 1.59. The Labute approximate surface area is 196 Å². The first-order valence-corrected chi connectivity index (χ1v) is 12.5. The van der Waals surface area contributed by atoms with Gasteiger partial charge in [-0.2, -0.15) is 8.42 Å². The summed E-state index contributed by atoms with van der Waals surface area (Å²) >= 11 is 1.01. The number of nitrogens with one attached hydrogen (secondary N) is 1. The van der Waals surface area contributed by atoms with Gasteiger partial charge in [0, 0.05) is 6.42 Å². The molecule has 0 spiro atoms. The maximum atomic E-state index is 12.3. The van der Waals surface area contributed by atoms with E-state index >= 15 is 0 Å². The van der Waals surface area contributed by atoms with Crippen molar-refractivity contribution < 1.29 is 26.9 Å². The number of hydrogen-bond donors (Lipinski definition) is 1. The Morgan fingerprint density at radius 1 is 0.818 bits per heavy atom. The summed E-state index contributed by atoms with van der Waals surface area (Å²) < 4.78 is 35.5. The summed E-state index contributed by atoms with van der Waals surface area (Å²) in [5.74, 6) is 0.696. The van der Waals surface area contributed by atoms with Crippen molar-refractivity contribution in [3.8, 4) is 11.5 Å². The summed E-state index contributed by atoms with van der Waals surface area (Å²) in [6.07, 6.45) is 1.12. The summed E-state index contributed by atoms with van der Waals surface area (Å²) in [4.78, 5) is 23.0. The van der Waals surface area contributed by atoms with Crippen molar-refractivity contribution in [1.29, 1.82) is 0 Å².